The average molecular weight is 284 g/mol. The Balaban J connectivity index is 1.72. The van der Waals surface area contributed by atoms with E-state index in [4.69, 9.17) is 4.74 Å². The monoisotopic (exact) mass is 284 g/mol. The number of carbonyl (C=O) groups excluding carboxylic acids is 1. The van der Waals surface area contributed by atoms with Crippen LogP contribution in [0.4, 0.5) is 10.5 Å². The molecule has 0 aliphatic heterocycles. The van der Waals surface area contributed by atoms with Gasteiger partial charge in [-0.3, -0.25) is 0 Å². The quantitative estimate of drug-likeness (QED) is 0.826. The third-order valence-corrected chi connectivity index (χ3v) is 2.88. The van der Waals surface area contributed by atoms with Crippen molar-refractivity contribution < 1.29 is 9.53 Å². The van der Waals surface area contributed by atoms with Crippen LogP contribution in [0.15, 0.2) is 48.5 Å². The maximum Gasteiger partial charge on any atom is 0.319 e. The van der Waals surface area contributed by atoms with E-state index in [-0.39, 0.29) is 6.03 Å². The molecule has 2 aromatic rings. The summed E-state index contributed by atoms with van der Waals surface area (Å²) in [7, 11) is 0. The molecule has 4 nitrogen and oxygen atoms in total. The maximum atomic E-state index is 11.8. The normalized spacial score (nSPS) is 10.0. The third-order valence-electron chi connectivity index (χ3n) is 2.88. The topological polar surface area (TPSA) is 50.4 Å². The largest absolute Gasteiger partial charge is 0.492 e. The number of para-hydroxylation sites is 1. The number of benzene rings is 2. The number of hydrogen-bond acceptors (Lipinski definition) is 2. The van der Waals surface area contributed by atoms with E-state index >= 15 is 0 Å². The molecule has 0 aliphatic carbocycles. The smallest absolute Gasteiger partial charge is 0.319 e. The van der Waals surface area contributed by atoms with Crippen LogP contribution in [0.3, 0.4) is 0 Å². The summed E-state index contributed by atoms with van der Waals surface area (Å²) in [6.07, 6.45) is 0. The number of nitrogens with one attached hydrogen (secondary N) is 2. The Morgan fingerprint density at radius 2 is 1.71 bits per heavy atom. The Morgan fingerprint density at radius 3 is 2.38 bits per heavy atom. The first-order chi connectivity index (χ1) is 10.1. The minimum Gasteiger partial charge on any atom is -0.492 e. The Kier molecular flexibility index (Phi) is 5.21. The van der Waals surface area contributed by atoms with Crippen molar-refractivity contribution in [3.8, 4) is 5.75 Å². The van der Waals surface area contributed by atoms with Crippen molar-refractivity contribution in [1.29, 1.82) is 0 Å². The molecule has 0 aromatic heterocycles. The number of amides is 2. The zero-order valence-electron chi connectivity index (χ0n) is 12.3. The molecule has 0 saturated heterocycles. The van der Waals surface area contributed by atoms with Crippen LogP contribution in [-0.4, -0.2) is 19.2 Å². The molecule has 0 unspecified atom stereocenters. The summed E-state index contributed by atoms with van der Waals surface area (Å²) in [6.45, 7) is 4.89. The van der Waals surface area contributed by atoms with Crippen molar-refractivity contribution in [2.24, 2.45) is 0 Å². The molecule has 2 rings (SSSR count). The molecule has 0 fully saturated rings. The van der Waals surface area contributed by atoms with Crippen LogP contribution in [0, 0.1) is 13.8 Å². The second kappa shape index (κ2) is 7.33. The van der Waals surface area contributed by atoms with Crippen molar-refractivity contribution in [3.05, 3.63) is 59.7 Å². The average Bonchev–Trinajstić information content (AvgIpc) is 2.43. The van der Waals surface area contributed by atoms with Crippen molar-refractivity contribution in [3.63, 3.8) is 0 Å². The summed E-state index contributed by atoms with van der Waals surface area (Å²) in [5.74, 6) is 0.800. The molecule has 0 radical (unpaired) electrons. The summed E-state index contributed by atoms with van der Waals surface area (Å²) < 4.78 is 5.50. The van der Waals surface area contributed by atoms with Gasteiger partial charge in [0.2, 0.25) is 0 Å². The highest BCUT2D eigenvalue weighted by Crippen LogP contribution is 2.13. The predicted molar refractivity (Wildman–Crippen MR) is 84.9 cm³/mol. The number of ether oxygens (including phenoxy) is 1. The number of urea groups is 1. The Morgan fingerprint density at radius 1 is 1.05 bits per heavy atom. The fourth-order valence-electron chi connectivity index (χ4n) is 2.07. The maximum absolute atomic E-state index is 11.8. The van der Waals surface area contributed by atoms with Gasteiger partial charge in [-0.05, 0) is 49.2 Å². The molecule has 2 aromatic carbocycles. The van der Waals surface area contributed by atoms with E-state index in [1.807, 2.05) is 56.3 Å². The van der Waals surface area contributed by atoms with E-state index in [1.165, 1.54) is 0 Å². The van der Waals surface area contributed by atoms with Gasteiger partial charge < -0.3 is 15.4 Å². The van der Waals surface area contributed by atoms with Crippen LogP contribution in [0.5, 0.6) is 5.75 Å². The summed E-state index contributed by atoms with van der Waals surface area (Å²) in [4.78, 5) is 11.8. The van der Waals surface area contributed by atoms with Gasteiger partial charge in [0.15, 0.2) is 0 Å². The second-order valence-electron chi connectivity index (χ2n) is 4.92. The fourth-order valence-corrected chi connectivity index (χ4v) is 2.07. The Hall–Kier alpha value is -2.49. The number of aryl methyl sites for hydroxylation is 2. The Labute approximate surface area is 125 Å². The lowest BCUT2D eigenvalue weighted by Gasteiger charge is -2.10. The molecule has 0 saturated carbocycles. The number of hydrogen-bond donors (Lipinski definition) is 2. The van der Waals surface area contributed by atoms with Crippen molar-refractivity contribution >= 4 is 11.7 Å². The van der Waals surface area contributed by atoms with Crippen LogP contribution < -0.4 is 15.4 Å². The highest BCUT2D eigenvalue weighted by atomic mass is 16.5. The van der Waals surface area contributed by atoms with Crippen LogP contribution in [0.25, 0.3) is 0 Å². The lowest BCUT2D eigenvalue weighted by molar-refractivity contribution is 0.247. The molecule has 110 valence electrons. The van der Waals surface area contributed by atoms with Gasteiger partial charge in [-0.15, -0.1) is 0 Å². The van der Waals surface area contributed by atoms with Crippen LogP contribution in [0.1, 0.15) is 11.1 Å². The van der Waals surface area contributed by atoms with Crippen LogP contribution >= 0.6 is 0 Å². The van der Waals surface area contributed by atoms with Crippen LogP contribution in [-0.2, 0) is 0 Å². The molecular formula is C17H20N2O2. The van der Waals surface area contributed by atoms with E-state index in [2.05, 4.69) is 16.7 Å². The molecule has 0 aliphatic rings. The van der Waals surface area contributed by atoms with Gasteiger partial charge in [0, 0.05) is 5.69 Å². The van der Waals surface area contributed by atoms with Gasteiger partial charge >= 0.3 is 6.03 Å². The third kappa shape index (κ3) is 5.18. The molecule has 21 heavy (non-hydrogen) atoms. The molecule has 4 heteroatoms. The van der Waals surface area contributed by atoms with Gasteiger partial charge in [0.1, 0.15) is 12.4 Å². The van der Waals surface area contributed by atoms with Gasteiger partial charge in [-0.1, -0.05) is 24.3 Å². The minimum atomic E-state index is -0.225. The van der Waals surface area contributed by atoms with Gasteiger partial charge in [-0.2, -0.15) is 0 Å². The standard InChI is InChI=1S/C17H20N2O2/c1-13-10-14(2)12-15(11-13)19-17(20)18-8-9-21-16-6-4-3-5-7-16/h3-7,10-12H,8-9H2,1-2H3,(H2,18,19,20). The lowest BCUT2D eigenvalue weighted by atomic mass is 10.1. The number of carbonyl (C=O) groups is 1. The van der Waals surface area contributed by atoms with E-state index in [0.29, 0.717) is 13.2 Å². The van der Waals surface area contributed by atoms with E-state index in [1.54, 1.807) is 0 Å². The van der Waals surface area contributed by atoms with Gasteiger partial charge in [0.05, 0.1) is 6.54 Å². The first kappa shape index (κ1) is 14.9. The van der Waals surface area contributed by atoms with E-state index < -0.39 is 0 Å². The minimum absolute atomic E-state index is 0.225. The predicted octanol–water partition coefficient (Wildman–Crippen LogP) is 3.50. The van der Waals surface area contributed by atoms with Gasteiger partial charge in [-0.25, -0.2) is 4.79 Å². The molecular weight excluding hydrogens is 264 g/mol. The Bertz CT molecular complexity index is 577. The SMILES string of the molecule is Cc1cc(C)cc(NC(=O)NCCOc2ccccc2)c1. The zero-order chi connectivity index (χ0) is 15.1. The van der Waals surface area contributed by atoms with Crippen LogP contribution in [0.2, 0.25) is 0 Å². The van der Waals surface area contributed by atoms with Gasteiger partial charge in [0.25, 0.3) is 0 Å². The summed E-state index contributed by atoms with van der Waals surface area (Å²) in [5.41, 5.74) is 3.05. The number of anilines is 1. The first-order valence-corrected chi connectivity index (χ1v) is 6.94. The molecule has 2 N–H and O–H groups in total. The highest BCUT2D eigenvalue weighted by Gasteiger charge is 2.02. The molecule has 0 heterocycles. The first-order valence-electron chi connectivity index (χ1n) is 6.94. The van der Waals surface area contributed by atoms with Crippen molar-refractivity contribution in [2.45, 2.75) is 13.8 Å². The zero-order valence-corrected chi connectivity index (χ0v) is 12.3. The van der Waals surface area contributed by atoms with E-state index in [0.717, 1.165) is 22.6 Å². The summed E-state index contributed by atoms with van der Waals surface area (Å²) >= 11 is 0. The molecule has 2 amide bonds. The van der Waals surface area contributed by atoms with E-state index in [9.17, 15) is 4.79 Å². The summed E-state index contributed by atoms with van der Waals surface area (Å²) in [6, 6.07) is 15.2. The number of rotatable bonds is 5. The van der Waals surface area contributed by atoms with Crippen molar-refractivity contribution in [2.75, 3.05) is 18.5 Å². The molecule has 0 spiro atoms. The van der Waals surface area contributed by atoms with Crippen molar-refractivity contribution in [1.82, 2.24) is 5.32 Å². The molecule has 0 bridgehead atoms. The summed E-state index contributed by atoms with van der Waals surface area (Å²) in [5, 5.41) is 5.58. The lowest BCUT2D eigenvalue weighted by Crippen LogP contribution is -2.32. The molecule has 0 atom stereocenters. The fraction of sp³-hybridized carbons (Fsp3) is 0.235. The highest BCUT2D eigenvalue weighted by molar-refractivity contribution is 5.89. The second-order valence-corrected chi connectivity index (χ2v) is 4.92.